The number of nitrogens with zero attached hydrogens (tertiary/aromatic N) is 4. The van der Waals surface area contributed by atoms with Gasteiger partial charge in [0.2, 0.25) is 0 Å². The molecule has 2 aromatic heterocycles. The Bertz CT molecular complexity index is 575. The van der Waals surface area contributed by atoms with Crippen LogP contribution >= 0.6 is 0 Å². The highest BCUT2D eigenvalue weighted by molar-refractivity contribution is 5.49. The summed E-state index contributed by atoms with van der Waals surface area (Å²) in [7, 11) is 0. The summed E-state index contributed by atoms with van der Waals surface area (Å²) in [4.78, 5) is 12.4. The Morgan fingerprint density at radius 2 is 2.16 bits per heavy atom. The number of hydrogen-bond acceptors (Lipinski definition) is 6. The van der Waals surface area contributed by atoms with Gasteiger partial charge in [0.15, 0.2) is 6.19 Å². The lowest BCUT2D eigenvalue weighted by Crippen LogP contribution is -2.08. The third-order valence-corrected chi connectivity index (χ3v) is 2.46. The van der Waals surface area contributed by atoms with Crippen LogP contribution in [0.5, 0.6) is 0 Å². The first-order chi connectivity index (χ1) is 9.28. The molecule has 2 N–H and O–H groups in total. The molecule has 0 bridgehead atoms. The molecule has 0 aromatic carbocycles. The lowest BCUT2D eigenvalue weighted by Gasteiger charge is -2.07. The SMILES string of the molecule is Cc1nc(NC#N)cc(NCCc2cccnc2)n1. The smallest absolute Gasteiger partial charge is 0.182 e. The molecular formula is C13H14N6. The molecule has 2 aromatic rings. The van der Waals surface area contributed by atoms with Crippen LogP contribution in [0.25, 0.3) is 0 Å². The van der Waals surface area contributed by atoms with Crippen molar-refractivity contribution in [3.63, 3.8) is 0 Å². The van der Waals surface area contributed by atoms with E-state index in [4.69, 9.17) is 5.26 Å². The summed E-state index contributed by atoms with van der Waals surface area (Å²) in [5, 5.41) is 14.3. The van der Waals surface area contributed by atoms with Crippen LogP contribution in [0.1, 0.15) is 11.4 Å². The number of aromatic nitrogens is 3. The van der Waals surface area contributed by atoms with Gasteiger partial charge in [0.05, 0.1) is 0 Å². The molecule has 19 heavy (non-hydrogen) atoms. The molecule has 0 aliphatic rings. The monoisotopic (exact) mass is 254 g/mol. The quantitative estimate of drug-likeness (QED) is 0.624. The van der Waals surface area contributed by atoms with E-state index in [9.17, 15) is 0 Å². The molecule has 0 saturated carbocycles. The van der Waals surface area contributed by atoms with Crippen LogP contribution < -0.4 is 10.6 Å². The van der Waals surface area contributed by atoms with Gasteiger partial charge in [0, 0.05) is 25.0 Å². The van der Waals surface area contributed by atoms with Crippen LogP contribution in [0.3, 0.4) is 0 Å². The molecular weight excluding hydrogens is 240 g/mol. The van der Waals surface area contributed by atoms with Crippen molar-refractivity contribution in [2.24, 2.45) is 0 Å². The number of nitriles is 1. The van der Waals surface area contributed by atoms with Crippen LogP contribution in [-0.2, 0) is 6.42 Å². The zero-order chi connectivity index (χ0) is 13.5. The van der Waals surface area contributed by atoms with E-state index in [1.54, 1.807) is 19.2 Å². The van der Waals surface area contributed by atoms with Crippen LogP contribution in [0, 0.1) is 18.4 Å². The fourth-order valence-electron chi connectivity index (χ4n) is 1.66. The Balaban J connectivity index is 1.94. The van der Waals surface area contributed by atoms with E-state index in [0.29, 0.717) is 17.5 Å². The zero-order valence-electron chi connectivity index (χ0n) is 10.6. The third kappa shape index (κ3) is 3.92. The minimum atomic E-state index is 0.499. The van der Waals surface area contributed by atoms with E-state index in [2.05, 4.69) is 25.6 Å². The summed E-state index contributed by atoms with van der Waals surface area (Å²) in [6.07, 6.45) is 6.30. The second-order valence-electron chi connectivity index (χ2n) is 3.96. The summed E-state index contributed by atoms with van der Waals surface area (Å²) in [6.45, 7) is 2.53. The van der Waals surface area contributed by atoms with Crippen molar-refractivity contribution < 1.29 is 0 Å². The fourth-order valence-corrected chi connectivity index (χ4v) is 1.66. The van der Waals surface area contributed by atoms with Gasteiger partial charge < -0.3 is 5.32 Å². The topological polar surface area (TPSA) is 86.5 Å². The Morgan fingerprint density at radius 3 is 2.89 bits per heavy atom. The van der Waals surface area contributed by atoms with Gasteiger partial charge in [-0.3, -0.25) is 10.3 Å². The fraction of sp³-hybridized carbons (Fsp3) is 0.231. The van der Waals surface area contributed by atoms with E-state index < -0.39 is 0 Å². The maximum absolute atomic E-state index is 8.58. The summed E-state index contributed by atoms with van der Waals surface area (Å²) in [6, 6.07) is 5.65. The average Bonchev–Trinajstić information content (AvgIpc) is 2.40. The summed E-state index contributed by atoms with van der Waals surface area (Å²) >= 11 is 0. The van der Waals surface area contributed by atoms with Gasteiger partial charge in [-0.1, -0.05) is 6.07 Å². The highest BCUT2D eigenvalue weighted by Crippen LogP contribution is 2.10. The van der Waals surface area contributed by atoms with Gasteiger partial charge in [-0.05, 0) is 25.0 Å². The van der Waals surface area contributed by atoms with Gasteiger partial charge >= 0.3 is 0 Å². The molecule has 2 heterocycles. The van der Waals surface area contributed by atoms with Gasteiger partial charge in [0.1, 0.15) is 17.5 Å². The molecule has 0 unspecified atom stereocenters. The van der Waals surface area contributed by atoms with Crippen molar-refractivity contribution >= 4 is 11.6 Å². The molecule has 2 rings (SSSR count). The molecule has 0 aliphatic heterocycles. The molecule has 0 spiro atoms. The first-order valence-electron chi connectivity index (χ1n) is 5.91. The lowest BCUT2D eigenvalue weighted by atomic mass is 10.2. The lowest BCUT2D eigenvalue weighted by molar-refractivity contribution is 0.975. The first kappa shape index (κ1) is 12.8. The van der Waals surface area contributed by atoms with Gasteiger partial charge in [0.25, 0.3) is 0 Å². The van der Waals surface area contributed by atoms with Crippen molar-refractivity contribution in [3.05, 3.63) is 42.0 Å². The molecule has 0 radical (unpaired) electrons. The van der Waals surface area contributed by atoms with E-state index in [1.165, 1.54) is 0 Å². The zero-order valence-corrected chi connectivity index (χ0v) is 10.6. The molecule has 0 fully saturated rings. The van der Waals surface area contributed by atoms with Gasteiger partial charge in [-0.25, -0.2) is 9.97 Å². The Kier molecular flexibility index (Phi) is 4.24. The van der Waals surface area contributed by atoms with Crippen molar-refractivity contribution in [3.8, 4) is 6.19 Å². The van der Waals surface area contributed by atoms with Gasteiger partial charge in [-0.15, -0.1) is 0 Å². The maximum Gasteiger partial charge on any atom is 0.182 e. The summed E-state index contributed by atoms with van der Waals surface area (Å²) in [5.74, 6) is 1.82. The second-order valence-corrected chi connectivity index (χ2v) is 3.96. The first-order valence-corrected chi connectivity index (χ1v) is 5.91. The predicted octanol–water partition coefficient (Wildman–Crippen LogP) is 1.73. The van der Waals surface area contributed by atoms with E-state index >= 15 is 0 Å². The van der Waals surface area contributed by atoms with Crippen LogP contribution in [-0.4, -0.2) is 21.5 Å². The molecule has 0 saturated heterocycles. The van der Waals surface area contributed by atoms with E-state index in [0.717, 1.165) is 18.5 Å². The van der Waals surface area contributed by atoms with Crippen LogP contribution in [0.15, 0.2) is 30.6 Å². The second kappa shape index (κ2) is 6.31. The van der Waals surface area contributed by atoms with Crippen molar-refractivity contribution in [1.82, 2.24) is 15.0 Å². The minimum Gasteiger partial charge on any atom is -0.370 e. The van der Waals surface area contributed by atoms with Crippen molar-refractivity contribution in [1.29, 1.82) is 5.26 Å². The van der Waals surface area contributed by atoms with E-state index in [-0.39, 0.29) is 0 Å². The molecule has 0 aliphatic carbocycles. The number of nitrogens with one attached hydrogen (secondary N) is 2. The van der Waals surface area contributed by atoms with Crippen LogP contribution in [0.4, 0.5) is 11.6 Å². The summed E-state index contributed by atoms with van der Waals surface area (Å²) in [5.41, 5.74) is 1.16. The minimum absolute atomic E-state index is 0.499. The van der Waals surface area contributed by atoms with Gasteiger partial charge in [-0.2, -0.15) is 5.26 Å². The number of hydrogen-bond donors (Lipinski definition) is 2. The molecule has 6 nitrogen and oxygen atoms in total. The Labute approximate surface area is 111 Å². The number of pyridine rings is 1. The number of aryl methyl sites for hydroxylation is 1. The predicted molar refractivity (Wildman–Crippen MR) is 72.4 cm³/mol. The maximum atomic E-state index is 8.58. The Morgan fingerprint density at radius 1 is 1.32 bits per heavy atom. The largest absolute Gasteiger partial charge is 0.370 e. The molecule has 96 valence electrons. The highest BCUT2D eigenvalue weighted by atomic mass is 15.1. The van der Waals surface area contributed by atoms with E-state index in [1.807, 2.05) is 24.5 Å². The van der Waals surface area contributed by atoms with Crippen LogP contribution in [0.2, 0.25) is 0 Å². The third-order valence-electron chi connectivity index (χ3n) is 2.46. The van der Waals surface area contributed by atoms with Crippen molar-refractivity contribution in [2.75, 3.05) is 17.2 Å². The highest BCUT2D eigenvalue weighted by Gasteiger charge is 2.01. The standard InChI is InChI=1S/C13H14N6/c1-10-18-12(7-13(19-10)17-9-14)16-6-4-11-3-2-5-15-8-11/h2-3,5,7-8H,4,6H2,1H3,(H2,16,17,18,19). The normalized spacial score (nSPS) is 9.68. The molecule has 0 amide bonds. The molecule has 0 atom stereocenters. The van der Waals surface area contributed by atoms with Crippen molar-refractivity contribution in [2.45, 2.75) is 13.3 Å². The summed E-state index contributed by atoms with van der Waals surface area (Å²) < 4.78 is 0. The number of rotatable bonds is 5. The average molecular weight is 254 g/mol. The Hall–Kier alpha value is -2.68. The number of anilines is 2. The molecule has 6 heteroatoms.